The van der Waals surface area contributed by atoms with Crippen molar-refractivity contribution < 1.29 is 4.79 Å². The second-order valence-corrected chi connectivity index (χ2v) is 9.36. The lowest BCUT2D eigenvalue weighted by Gasteiger charge is -2.37. The van der Waals surface area contributed by atoms with Crippen LogP contribution in [0, 0.1) is 0 Å². The van der Waals surface area contributed by atoms with Gasteiger partial charge in [0.15, 0.2) is 0 Å². The topological polar surface area (TPSA) is 67.2 Å². The fraction of sp³-hybridized carbons (Fsp3) is 0.417. The Morgan fingerprint density at radius 2 is 1.72 bits per heavy atom. The van der Waals surface area contributed by atoms with E-state index in [2.05, 4.69) is 63.7 Å². The smallest absolute Gasteiger partial charge is 0.236 e. The molecule has 3 aromatic rings. The largest absolute Gasteiger partial charge is 0.368 e. The van der Waals surface area contributed by atoms with Gasteiger partial charge in [-0.25, -0.2) is 0 Å². The minimum absolute atomic E-state index is 0.132. The minimum Gasteiger partial charge on any atom is -0.368 e. The summed E-state index contributed by atoms with van der Waals surface area (Å²) in [4.78, 5) is 17.3. The lowest BCUT2D eigenvalue weighted by atomic mass is 10.1. The third kappa shape index (κ3) is 5.30. The highest BCUT2D eigenvalue weighted by Crippen LogP contribution is 2.25. The highest BCUT2D eigenvalue weighted by atomic mass is 32.2. The molecule has 1 fully saturated rings. The monoisotopic (exact) mass is 450 g/mol. The van der Waals surface area contributed by atoms with E-state index in [-0.39, 0.29) is 11.2 Å². The maximum atomic E-state index is 13.1. The van der Waals surface area contributed by atoms with Crippen LogP contribution in [0.3, 0.4) is 0 Å². The van der Waals surface area contributed by atoms with Crippen molar-refractivity contribution in [3.63, 3.8) is 0 Å². The fourth-order valence-electron chi connectivity index (χ4n) is 3.89. The number of benzene rings is 2. The first-order valence-electron chi connectivity index (χ1n) is 11.3. The van der Waals surface area contributed by atoms with E-state index in [4.69, 9.17) is 0 Å². The van der Waals surface area contributed by atoms with Crippen molar-refractivity contribution in [3.05, 3.63) is 60.2 Å². The molecule has 2 aromatic carbocycles. The Morgan fingerprint density at radius 1 is 1.00 bits per heavy atom. The van der Waals surface area contributed by atoms with E-state index in [0.29, 0.717) is 5.16 Å². The molecule has 0 radical (unpaired) electrons. The van der Waals surface area contributed by atoms with Crippen LogP contribution in [0.1, 0.15) is 32.3 Å². The van der Waals surface area contributed by atoms with E-state index in [9.17, 15) is 4.79 Å². The Balaban J connectivity index is 1.35. The van der Waals surface area contributed by atoms with Gasteiger partial charge in [-0.3, -0.25) is 4.79 Å². The molecule has 0 saturated carbocycles. The van der Waals surface area contributed by atoms with Gasteiger partial charge in [0.05, 0.1) is 10.9 Å². The molecule has 0 aliphatic carbocycles. The molecule has 7 nitrogen and oxygen atoms in total. The minimum atomic E-state index is -0.258. The van der Waals surface area contributed by atoms with Crippen LogP contribution in [0.25, 0.3) is 5.69 Å². The number of unbranched alkanes of at least 4 members (excludes halogenated alkanes) is 1. The summed E-state index contributed by atoms with van der Waals surface area (Å²) >= 11 is 1.41. The number of piperazine rings is 1. The molecule has 4 rings (SSSR count). The molecule has 1 amide bonds. The van der Waals surface area contributed by atoms with Gasteiger partial charge in [0.2, 0.25) is 11.1 Å². The number of hydrogen-bond acceptors (Lipinski definition) is 6. The predicted octanol–water partition coefficient (Wildman–Crippen LogP) is 3.83. The van der Waals surface area contributed by atoms with Gasteiger partial charge in [-0.1, -0.05) is 55.4 Å². The number of thioether (sulfide) groups is 1. The first-order chi connectivity index (χ1) is 15.7. The maximum Gasteiger partial charge on any atom is 0.236 e. The van der Waals surface area contributed by atoms with Crippen LogP contribution in [-0.2, 0) is 11.2 Å². The third-order valence-electron chi connectivity index (χ3n) is 5.78. The van der Waals surface area contributed by atoms with Crippen LogP contribution in [0.5, 0.6) is 0 Å². The fourth-order valence-corrected chi connectivity index (χ4v) is 4.78. The number of aromatic nitrogens is 4. The van der Waals surface area contributed by atoms with E-state index >= 15 is 0 Å². The lowest BCUT2D eigenvalue weighted by molar-refractivity contribution is -0.130. The number of hydrogen-bond donors (Lipinski definition) is 0. The zero-order valence-electron chi connectivity index (χ0n) is 18.7. The van der Waals surface area contributed by atoms with Crippen molar-refractivity contribution in [1.29, 1.82) is 0 Å². The molecule has 0 bridgehead atoms. The Bertz CT molecular complexity index is 999. The number of carbonyl (C=O) groups is 1. The van der Waals surface area contributed by atoms with E-state index in [1.165, 1.54) is 35.9 Å². The van der Waals surface area contributed by atoms with Crippen LogP contribution in [-0.4, -0.2) is 62.4 Å². The van der Waals surface area contributed by atoms with Crippen molar-refractivity contribution in [2.24, 2.45) is 0 Å². The SMILES string of the molecule is CCCCc1ccc(-n2nnnc2SC(C)C(=O)N2CCN(c3ccccc3)CC2)cc1. The number of amides is 1. The highest BCUT2D eigenvalue weighted by molar-refractivity contribution is 8.00. The van der Waals surface area contributed by atoms with Crippen LogP contribution in [0.2, 0.25) is 0 Å². The Morgan fingerprint density at radius 3 is 2.41 bits per heavy atom. The summed E-state index contributed by atoms with van der Waals surface area (Å²) in [5.74, 6) is 0.132. The van der Waals surface area contributed by atoms with Gasteiger partial charge in [0, 0.05) is 31.9 Å². The van der Waals surface area contributed by atoms with Crippen LogP contribution < -0.4 is 4.90 Å². The van der Waals surface area contributed by atoms with E-state index < -0.39 is 0 Å². The summed E-state index contributed by atoms with van der Waals surface area (Å²) in [7, 11) is 0. The first-order valence-corrected chi connectivity index (χ1v) is 12.2. The van der Waals surface area contributed by atoms with Crippen molar-refractivity contribution in [2.45, 2.75) is 43.5 Å². The Kier molecular flexibility index (Phi) is 7.42. The van der Waals surface area contributed by atoms with Crippen molar-refractivity contribution in [3.8, 4) is 5.69 Å². The Labute approximate surface area is 193 Å². The molecular formula is C24H30N6OS. The molecule has 1 aromatic heterocycles. The molecule has 8 heteroatoms. The number of carbonyl (C=O) groups excluding carboxylic acids is 1. The quantitative estimate of drug-likeness (QED) is 0.486. The molecule has 168 valence electrons. The number of para-hydroxylation sites is 1. The van der Waals surface area contributed by atoms with Gasteiger partial charge < -0.3 is 9.80 Å². The van der Waals surface area contributed by atoms with Gasteiger partial charge >= 0.3 is 0 Å². The zero-order chi connectivity index (χ0) is 22.3. The second kappa shape index (κ2) is 10.6. The van der Waals surface area contributed by atoms with Crippen LogP contribution in [0.4, 0.5) is 5.69 Å². The summed E-state index contributed by atoms with van der Waals surface area (Å²) in [5.41, 5.74) is 3.44. The summed E-state index contributed by atoms with van der Waals surface area (Å²) in [6, 6.07) is 18.7. The zero-order valence-corrected chi connectivity index (χ0v) is 19.5. The first kappa shape index (κ1) is 22.3. The van der Waals surface area contributed by atoms with Crippen molar-refractivity contribution in [2.75, 3.05) is 31.1 Å². The molecule has 0 N–H and O–H groups in total. The van der Waals surface area contributed by atoms with Gasteiger partial charge in [-0.05, 0) is 60.0 Å². The van der Waals surface area contributed by atoms with Gasteiger partial charge in [-0.2, -0.15) is 4.68 Å². The van der Waals surface area contributed by atoms with Gasteiger partial charge in [0.25, 0.3) is 0 Å². The van der Waals surface area contributed by atoms with E-state index in [1.54, 1.807) is 4.68 Å². The van der Waals surface area contributed by atoms with E-state index in [0.717, 1.165) is 38.3 Å². The summed E-state index contributed by atoms with van der Waals surface area (Å²) in [6.07, 6.45) is 3.45. The molecular weight excluding hydrogens is 420 g/mol. The summed E-state index contributed by atoms with van der Waals surface area (Å²) in [6.45, 7) is 7.27. The van der Waals surface area contributed by atoms with Crippen LogP contribution >= 0.6 is 11.8 Å². The molecule has 1 atom stereocenters. The van der Waals surface area contributed by atoms with Crippen molar-refractivity contribution >= 4 is 23.4 Å². The van der Waals surface area contributed by atoms with Crippen LogP contribution in [0.15, 0.2) is 59.8 Å². The number of tetrazole rings is 1. The molecule has 1 unspecified atom stereocenters. The molecule has 1 aliphatic heterocycles. The normalized spacial score (nSPS) is 15.1. The highest BCUT2D eigenvalue weighted by Gasteiger charge is 2.27. The molecule has 1 saturated heterocycles. The lowest BCUT2D eigenvalue weighted by Crippen LogP contribution is -2.50. The standard InChI is InChI=1S/C24H30N6OS/c1-3-4-8-20-11-13-22(14-12-20)30-24(25-26-27-30)32-19(2)23(31)29-17-15-28(16-18-29)21-9-6-5-7-10-21/h5-7,9-14,19H,3-4,8,15-18H2,1-2H3. The Hall–Kier alpha value is -2.87. The number of nitrogens with zero attached hydrogens (tertiary/aromatic N) is 6. The van der Waals surface area contributed by atoms with Crippen molar-refractivity contribution in [1.82, 2.24) is 25.1 Å². The second-order valence-electron chi connectivity index (χ2n) is 8.05. The average Bonchev–Trinajstić information content (AvgIpc) is 3.31. The van der Waals surface area contributed by atoms with E-state index in [1.807, 2.05) is 30.0 Å². The summed E-state index contributed by atoms with van der Waals surface area (Å²) < 4.78 is 1.71. The molecule has 1 aliphatic rings. The summed E-state index contributed by atoms with van der Waals surface area (Å²) in [5, 5.41) is 12.5. The maximum absolute atomic E-state index is 13.1. The number of aryl methyl sites for hydroxylation is 1. The predicted molar refractivity (Wildman–Crippen MR) is 128 cm³/mol. The van der Waals surface area contributed by atoms with Gasteiger partial charge in [-0.15, -0.1) is 5.10 Å². The molecule has 32 heavy (non-hydrogen) atoms. The number of anilines is 1. The average molecular weight is 451 g/mol. The molecule has 0 spiro atoms. The molecule has 2 heterocycles. The van der Waals surface area contributed by atoms with Gasteiger partial charge in [0.1, 0.15) is 0 Å². The third-order valence-corrected chi connectivity index (χ3v) is 6.80. The number of rotatable bonds is 8.